The van der Waals surface area contributed by atoms with E-state index in [0.29, 0.717) is 23.7 Å². The Morgan fingerprint density at radius 2 is 1.93 bits per heavy atom. The van der Waals surface area contributed by atoms with Gasteiger partial charge in [0.25, 0.3) is 0 Å². The van der Waals surface area contributed by atoms with Gasteiger partial charge in [-0.15, -0.1) is 0 Å². The molecule has 3 aromatic rings. The summed E-state index contributed by atoms with van der Waals surface area (Å²) in [6.45, 7) is 8.05. The molecule has 0 unspecified atom stereocenters. The fraction of sp³-hybridized carbons (Fsp3) is 0.318. The molecule has 0 aliphatic carbocycles. The van der Waals surface area contributed by atoms with Gasteiger partial charge in [0.2, 0.25) is 11.8 Å². The first kappa shape index (κ1) is 20.8. The van der Waals surface area contributed by atoms with Crippen LogP contribution in [0.1, 0.15) is 31.4 Å². The number of nitrogens with one attached hydrogen (secondary N) is 2. The predicted molar refractivity (Wildman–Crippen MR) is 119 cm³/mol. The van der Waals surface area contributed by atoms with Crippen molar-refractivity contribution in [2.45, 2.75) is 34.1 Å². The largest absolute Gasteiger partial charge is 0.495 e. The van der Waals surface area contributed by atoms with Gasteiger partial charge in [-0.25, -0.2) is 4.98 Å². The zero-order valence-corrected chi connectivity index (χ0v) is 18.1. The zero-order valence-electron chi connectivity index (χ0n) is 17.3. The lowest BCUT2D eigenvalue weighted by Crippen LogP contribution is -2.34. The number of nitrogens with zero attached hydrogens (tertiary/aromatic N) is 1. The van der Waals surface area contributed by atoms with Crippen LogP contribution >= 0.6 is 12.2 Å². The van der Waals surface area contributed by atoms with Crippen molar-refractivity contribution in [1.82, 2.24) is 10.3 Å². The molecule has 2 N–H and O–H groups in total. The summed E-state index contributed by atoms with van der Waals surface area (Å²) in [5.74, 6) is 1.22. The van der Waals surface area contributed by atoms with Gasteiger partial charge in [0.1, 0.15) is 11.3 Å². The van der Waals surface area contributed by atoms with E-state index in [2.05, 4.69) is 15.6 Å². The summed E-state index contributed by atoms with van der Waals surface area (Å²) in [5.41, 5.74) is 5.26. The molecule has 1 heterocycles. The Morgan fingerprint density at radius 1 is 1.21 bits per heavy atom. The number of rotatable bonds is 5. The van der Waals surface area contributed by atoms with Crippen LogP contribution in [0.5, 0.6) is 5.75 Å². The van der Waals surface area contributed by atoms with E-state index in [0.717, 1.165) is 27.8 Å². The number of thiocarbonyl (C=S) groups is 1. The van der Waals surface area contributed by atoms with E-state index in [4.69, 9.17) is 21.4 Å². The summed E-state index contributed by atoms with van der Waals surface area (Å²) >= 11 is 5.28. The van der Waals surface area contributed by atoms with Crippen LogP contribution in [-0.2, 0) is 4.79 Å². The highest BCUT2D eigenvalue weighted by atomic mass is 32.1. The number of ether oxygens (including phenoxy) is 1. The zero-order chi connectivity index (χ0) is 21.1. The van der Waals surface area contributed by atoms with Gasteiger partial charge in [-0.2, -0.15) is 0 Å². The summed E-state index contributed by atoms with van der Waals surface area (Å²) in [7, 11) is 1.57. The molecule has 0 atom stereocenters. The monoisotopic (exact) mass is 411 g/mol. The van der Waals surface area contributed by atoms with Gasteiger partial charge < -0.3 is 19.8 Å². The third-order valence-corrected chi connectivity index (χ3v) is 4.75. The minimum Gasteiger partial charge on any atom is -0.495 e. The fourth-order valence-electron chi connectivity index (χ4n) is 2.94. The first-order valence-electron chi connectivity index (χ1n) is 9.44. The standard InChI is InChI=1S/C22H25N3O3S/c1-12(2)8-20(26)25-22(29)24-17-11-15(6-7-18(17)27-5)21-23-16-9-13(3)14(4)10-19(16)28-21/h6-7,9-12H,8H2,1-5H3,(H2,24,25,26,29). The summed E-state index contributed by atoms with van der Waals surface area (Å²) in [4.78, 5) is 16.6. The van der Waals surface area contributed by atoms with Crippen molar-refractivity contribution in [2.75, 3.05) is 12.4 Å². The van der Waals surface area contributed by atoms with Gasteiger partial charge in [-0.1, -0.05) is 13.8 Å². The van der Waals surface area contributed by atoms with Crippen molar-refractivity contribution >= 4 is 40.0 Å². The van der Waals surface area contributed by atoms with Gasteiger partial charge in [0.05, 0.1) is 12.8 Å². The van der Waals surface area contributed by atoms with E-state index >= 15 is 0 Å². The lowest BCUT2D eigenvalue weighted by atomic mass is 10.1. The van der Waals surface area contributed by atoms with Gasteiger partial charge in [-0.3, -0.25) is 4.79 Å². The Bertz CT molecular complexity index is 1030. The molecule has 0 fully saturated rings. The van der Waals surface area contributed by atoms with Crippen molar-refractivity contribution in [3.63, 3.8) is 0 Å². The van der Waals surface area contributed by atoms with Crippen LogP contribution in [0.15, 0.2) is 34.7 Å². The molecule has 3 rings (SSSR count). The first-order chi connectivity index (χ1) is 13.8. The average Bonchev–Trinajstić information content (AvgIpc) is 3.03. The third kappa shape index (κ3) is 4.92. The lowest BCUT2D eigenvalue weighted by Gasteiger charge is -2.14. The molecule has 152 valence electrons. The molecule has 0 saturated heterocycles. The number of methoxy groups -OCH3 is 1. The van der Waals surface area contributed by atoms with Crippen LogP contribution in [0.3, 0.4) is 0 Å². The molecule has 7 heteroatoms. The van der Waals surface area contributed by atoms with Crippen molar-refractivity contribution in [3.8, 4) is 17.2 Å². The van der Waals surface area contributed by atoms with E-state index in [9.17, 15) is 4.79 Å². The number of carbonyl (C=O) groups excluding carboxylic acids is 1. The Balaban J connectivity index is 1.87. The minimum absolute atomic E-state index is 0.127. The topological polar surface area (TPSA) is 76.4 Å². The summed E-state index contributed by atoms with van der Waals surface area (Å²) in [6, 6.07) is 9.52. The molecule has 0 aliphatic rings. The second-order valence-corrected chi connectivity index (χ2v) is 7.85. The van der Waals surface area contributed by atoms with Crippen LogP contribution in [0.2, 0.25) is 0 Å². The Hall–Kier alpha value is -2.93. The minimum atomic E-state index is -0.127. The summed E-state index contributed by atoms with van der Waals surface area (Å²) in [5, 5.41) is 5.94. The number of oxazole rings is 1. The quantitative estimate of drug-likeness (QED) is 0.577. The van der Waals surface area contributed by atoms with E-state index in [1.165, 1.54) is 0 Å². The van der Waals surface area contributed by atoms with Crippen molar-refractivity contribution in [1.29, 1.82) is 0 Å². The Labute approximate surface area is 175 Å². The van der Waals surface area contributed by atoms with Crippen molar-refractivity contribution in [2.24, 2.45) is 5.92 Å². The highest BCUT2D eigenvalue weighted by molar-refractivity contribution is 7.80. The molecule has 0 spiro atoms. The van der Waals surface area contributed by atoms with Gasteiger partial charge >= 0.3 is 0 Å². The first-order valence-corrected chi connectivity index (χ1v) is 9.84. The molecule has 0 aliphatic heterocycles. The maximum atomic E-state index is 12.0. The maximum absolute atomic E-state index is 12.0. The number of fused-ring (bicyclic) bond motifs is 1. The van der Waals surface area contributed by atoms with Crippen molar-refractivity contribution < 1.29 is 13.9 Å². The van der Waals surface area contributed by atoms with Crippen LogP contribution in [0.4, 0.5) is 5.69 Å². The maximum Gasteiger partial charge on any atom is 0.227 e. The third-order valence-electron chi connectivity index (χ3n) is 4.55. The molecule has 1 aromatic heterocycles. The van der Waals surface area contributed by atoms with Crippen LogP contribution < -0.4 is 15.4 Å². The predicted octanol–water partition coefficient (Wildman–Crippen LogP) is 4.98. The van der Waals surface area contributed by atoms with Gasteiger partial charge in [-0.05, 0) is 73.4 Å². The van der Waals surface area contributed by atoms with Crippen LogP contribution in [0.25, 0.3) is 22.6 Å². The highest BCUT2D eigenvalue weighted by Gasteiger charge is 2.14. The lowest BCUT2D eigenvalue weighted by molar-refractivity contribution is -0.120. The van der Waals surface area contributed by atoms with Crippen molar-refractivity contribution in [3.05, 3.63) is 41.5 Å². The van der Waals surface area contributed by atoms with E-state index in [1.54, 1.807) is 7.11 Å². The van der Waals surface area contributed by atoms with Gasteiger partial charge in [0, 0.05) is 12.0 Å². The molecular formula is C22H25N3O3S. The number of amides is 1. The number of aryl methyl sites for hydroxylation is 2. The molecule has 0 bridgehead atoms. The summed E-state index contributed by atoms with van der Waals surface area (Å²) in [6.07, 6.45) is 0.404. The van der Waals surface area contributed by atoms with E-state index < -0.39 is 0 Å². The van der Waals surface area contributed by atoms with Crippen LogP contribution in [-0.4, -0.2) is 23.1 Å². The molecular weight excluding hydrogens is 386 g/mol. The summed E-state index contributed by atoms with van der Waals surface area (Å²) < 4.78 is 11.4. The second-order valence-electron chi connectivity index (χ2n) is 7.44. The Kier molecular flexibility index (Phi) is 6.17. The number of hydrogen-bond acceptors (Lipinski definition) is 5. The molecule has 0 radical (unpaired) electrons. The van der Waals surface area contributed by atoms with E-state index in [1.807, 2.05) is 58.0 Å². The molecule has 29 heavy (non-hydrogen) atoms. The number of carbonyl (C=O) groups is 1. The highest BCUT2D eigenvalue weighted by Crippen LogP contribution is 2.32. The molecule has 0 saturated carbocycles. The smallest absolute Gasteiger partial charge is 0.227 e. The van der Waals surface area contributed by atoms with E-state index in [-0.39, 0.29) is 16.9 Å². The number of hydrogen-bond donors (Lipinski definition) is 2. The molecule has 2 aromatic carbocycles. The fourth-order valence-corrected chi connectivity index (χ4v) is 3.17. The van der Waals surface area contributed by atoms with Gasteiger partial charge in [0.15, 0.2) is 10.7 Å². The number of anilines is 1. The second kappa shape index (κ2) is 8.61. The number of aromatic nitrogens is 1. The Morgan fingerprint density at radius 3 is 2.62 bits per heavy atom. The SMILES string of the molecule is COc1ccc(-c2nc3cc(C)c(C)cc3o2)cc1NC(=S)NC(=O)CC(C)C. The molecule has 6 nitrogen and oxygen atoms in total. The normalized spacial score (nSPS) is 11.0. The number of benzene rings is 2. The average molecular weight is 412 g/mol. The van der Waals surface area contributed by atoms with Crippen LogP contribution in [0, 0.1) is 19.8 Å². The molecule has 1 amide bonds.